The fourth-order valence-corrected chi connectivity index (χ4v) is 4.46. The van der Waals surface area contributed by atoms with Gasteiger partial charge in [0.25, 0.3) is 5.91 Å². The van der Waals surface area contributed by atoms with Crippen LogP contribution in [0.5, 0.6) is 5.75 Å². The van der Waals surface area contributed by atoms with Crippen molar-refractivity contribution in [2.75, 3.05) is 18.4 Å². The Hall–Kier alpha value is -3.65. The number of alkyl halides is 2. The second kappa shape index (κ2) is 9.69. The van der Waals surface area contributed by atoms with Crippen LogP contribution in [0, 0.1) is 5.92 Å². The van der Waals surface area contributed by atoms with E-state index in [0.717, 1.165) is 42.3 Å². The van der Waals surface area contributed by atoms with Crippen molar-refractivity contribution >= 4 is 33.8 Å². The first-order chi connectivity index (χ1) is 16.6. The maximum absolute atomic E-state index is 12.6. The van der Waals surface area contributed by atoms with Gasteiger partial charge in [-0.2, -0.15) is 8.78 Å². The van der Waals surface area contributed by atoms with Gasteiger partial charge in [0, 0.05) is 41.5 Å². The second-order valence-electron chi connectivity index (χ2n) is 8.42. The number of nitrogens with one attached hydrogen (secondary N) is 2. The standard InChI is InChI=1S/C26H24F2N4O2/c27-26(28)34-20-8-6-16(7-9-20)25(33)32-24-12-19-11-17(4-5-18(19)13-31-24)22-14-30-23-15-29-10-2-1-3-21(22)23/h4-9,11-14,21,26,29H,1-3,10,15H2,(H,31,32,33). The number of carbonyl (C=O) groups is 1. The Labute approximate surface area is 195 Å². The summed E-state index contributed by atoms with van der Waals surface area (Å²) in [5.74, 6) is 0.361. The highest BCUT2D eigenvalue weighted by Crippen LogP contribution is 2.35. The lowest BCUT2D eigenvalue weighted by molar-refractivity contribution is -0.0498. The first-order valence-corrected chi connectivity index (χ1v) is 11.3. The first-order valence-electron chi connectivity index (χ1n) is 11.3. The molecule has 1 fully saturated rings. The number of fused-ring (bicyclic) bond motifs is 2. The molecule has 174 valence electrons. The first kappa shape index (κ1) is 22.2. The minimum Gasteiger partial charge on any atom is -0.435 e. The predicted molar refractivity (Wildman–Crippen MR) is 128 cm³/mol. The number of amides is 1. The molecule has 2 aliphatic heterocycles. The number of nitrogens with zero attached hydrogens (tertiary/aromatic N) is 2. The number of rotatable bonds is 5. The molecule has 1 amide bonds. The smallest absolute Gasteiger partial charge is 0.387 e. The number of ether oxygens (including phenoxy) is 1. The zero-order valence-electron chi connectivity index (χ0n) is 18.4. The number of carbonyl (C=O) groups excluding carboxylic acids is 1. The molecular formula is C26H24F2N4O2. The van der Waals surface area contributed by atoms with Gasteiger partial charge < -0.3 is 15.4 Å². The van der Waals surface area contributed by atoms with Crippen LogP contribution < -0.4 is 15.4 Å². The van der Waals surface area contributed by atoms with Crippen LogP contribution in [0.2, 0.25) is 0 Å². The molecular weight excluding hydrogens is 438 g/mol. The number of benzene rings is 2. The number of aliphatic imine (C=N–C) groups is 1. The van der Waals surface area contributed by atoms with Crippen LogP contribution >= 0.6 is 0 Å². The number of anilines is 1. The second-order valence-corrected chi connectivity index (χ2v) is 8.42. The molecule has 2 N–H and O–H groups in total. The van der Waals surface area contributed by atoms with Crippen LogP contribution in [-0.2, 0) is 0 Å². The van der Waals surface area contributed by atoms with Crippen molar-refractivity contribution in [3.63, 3.8) is 0 Å². The van der Waals surface area contributed by atoms with Crippen molar-refractivity contribution in [2.45, 2.75) is 25.9 Å². The molecule has 34 heavy (non-hydrogen) atoms. The number of hydrogen-bond donors (Lipinski definition) is 2. The summed E-state index contributed by atoms with van der Waals surface area (Å²) in [7, 11) is 0. The third-order valence-electron chi connectivity index (χ3n) is 6.19. The predicted octanol–water partition coefficient (Wildman–Crippen LogP) is 5.27. The number of halogens is 2. The lowest BCUT2D eigenvalue weighted by Gasteiger charge is -2.21. The summed E-state index contributed by atoms with van der Waals surface area (Å²) in [6.07, 6.45) is 7.14. The van der Waals surface area contributed by atoms with E-state index in [9.17, 15) is 13.6 Å². The van der Waals surface area contributed by atoms with Gasteiger partial charge in [0.15, 0.2) is 0 Å². The molecule has 8 heteroatoms. The lowest BCUT2D eigenvalue weighted by atomic mass is 9.85. The molecule has 0 bridgehead atoms. The normalized spacial score (nSPS) is 18.0. The summed E-state index contributed by atoms with van der Waals surface area (Å²) >= 11 is 0. The number of allylic oxidation sites excluding steroid dienone is 1. The number of aromatic nitrogens is 1. The lowest BCUT2D eigenvalue weighted by Crippen LogP contribution is -2.30. The summed E-state index contributed by atoms with van der Waals surface area (Å²) in [6.45, 7) is -1.05. The molecule has 0 saturated carbocycles. The van der Waals surface area contributed by atoms with Crippen molar-refractivity contribution in [3.8, 4) is 5.75 Å². The summed E-state index contributed by atoms with van der Waals surface area (Å²) in [5, 5.41) is 8.16. The van der Waals surface area contributed by atoms with E-state index in [1.54, 1.807) is 6.20 Å². The minimum atomic E-state index is -2.91. The maximum atomic E-state index is 12.6. The number of hydrogen-bond acceptors (Lipinski definition) is 5. The zero-order chi connectivity index (χ0) is 23.5. The SMILES string of the molecule is O=C(Nc1cc2cc(C3=CN=C4CNCCCCC34)ccc2cn1)c1ccc(OC(F)F)cc1. The van der Waals surface area contributed by atoms with E-state index in [2.05, 4.69) is 37.5 Å². The van der Waals surface area contributed by atoms with Crippen LogP contribution in [-0.4, -0.2) is 36.3 Å². The van der Waals surface area contributed by atoms with Crippen molar-refractivity contribution in [1.29, 1.82) is 0 Å². The molecule has 1 atom stereocenters. The molecule has 3 aromatic rings. The summed E-state index contributed by atoms with van der Waals surface area (Å²) < 4.78 is 29.0. The molecule has 2 aliphatic rings. The molecule has 5 rings (SSSR count). The van der Waals surface area contributed by atoms with E-state index in [1.807, 2.05) is 18.3 Å². The third kappa shape index (κ3) is 4.82. The van der Waals surface area contributed by atoms with Gasteiger partial charge in [-0.25, -0.2) is 4.98 Å². The van der Waals surface area contributed by atoms with E-state index < -0.39 is 6.61 Å². The highest BCUT2D eigenvalue weighted by Gasteiger charge is 2.26. The van der Waals surface area contributed by atoms with E-state index in [4.69, 9.17) is 0 Å². The van der Waals surface area contributed by atoms with Gasteiger partial charge in [-0.1, -0.05) is 18.6 Å². The van der Waals surface area contributed by atoms with Crippen molar-refractivity contribution in [2.24, 2.45) is 10.9 Å². The fraction of sp³-hybridized carbons (Fsp3) is 0.269. The minimum absolute atomic E-state index is 0.00339. The molecule has 3 heterocycles. The third-order valence-corrected chi connectivity index (χ3v) is 6.19. The number of pyridine rings is 1. The fourth-order valence-electron chi connectivity index (χ4n) is 4.46. The van der Waals surface area contributed by atoms with Gasteiger partial charge in [0.2, 0.25) is 0 Å². The Morgan fingerprint density at radius 1 is 1.09 bits per heavy atom. The highest BCUT2D eigenvalue weighted by atomic mass is 19.3. The zero-order valence-corrected chi connectivity index (χ0v) is 18.4. The molecule has 1 aromatic heterocycles. The van der Waals surface area contributed by atoms with Crippen LogP contribution in [0.3, 0.4) is 0 Å². The Balaban J connectivity index is 1.34. The van der Waals surface area contributed by atoms with Crippen LogP contribution in [0.4, 0.5) is 14.6 Å². The Morgan fingerprint density at radius 3 is 2.76 bits per heavy atom. The molecule has 6 nitrogen and oxygen atoms in total. The van der Waals surface area contributed by atoms with Gasteiger partial charge in [-0.15, -0.1) is 0 Å². The topological polar surface area (TPSA) is 75.6 Å². The largest absolute Gasteiger partial charge is 0.435 e. The van der Waals surface area contributed by atoms with Crippen LogP contribution in [0.15, 0.2) is 65.9 Å². The van der Waals surface area contributed by atoms with Crippen molar-refractivity contribution < 1.29 is 18.3 Å². The van der Waals surface area contributed by atoms with E-state index in [1.165, 1.54) is 42.0 Å². The van der Waals surface area contributed by atoms with Gasteiger partial charge in [-0.05, 0) is 72.3 Å². The molecule has 1 saturated heterocycles. The molecule has 0 spiro atoms. The summed E-state index contributed by atoms with van der Waals surface area (Å²) in [5.41, 5.74) is 3.86. The average Bonchev–Trinajstić information content (AvgIpc) is 3.20. The van der Waals surface area contributed by atoms with Crippen LogP contribution in [0.1, 0.15) is 35.2 Å². The molecule has 2 aromatic carbocycles. The quantitative estimate of drug-likeness (QED) is 0.541. The van der Waals surface area contributed by atoms with Crippen LogP contribution in [0.25, 0.3) is 16.3 Å². The molecule has 1 unspecified atom stereocenters. The molecule has 0 aliphatic carbocycles. The Morgan fingerprint density at radius 2 is 1.94 bits per heavy atom. The molecule has 0 radical (unpaired) electrons. The summed E-state index contributed by atoms with van der Waals surface area (Å²) in [6, 6.07) is 13.6. The average molecular weight is 463 g/mol. The summed E-state index contributed by atoms with van der Waals surface area (Å²) in [4.78, 5) is 21.6. The Kier molecular flexibility index (Phi) is 6.31. The van der Waals surface area contributed by atoms with E-state index >= 15 is 0 Å². The van der Waals surface area contributed by atoms with E-state index in [-0.39, 0.29) is 11.7 Å². The van der Waals surface area contributed by atoms with Crippen molar-refractivity contribution in [1.82, 2.24) is 10.3 Å². The van der Waals surface area contributed by atoms with E-state index in [0.29, 0.717) is 17.3 Å². The van der Waals surface area contributed by atoms with Gasteiger partial charge in [-0.3, -0.25) is 9.79 Å². The van der Waals surface area contributed by atoms with Gasteiger partial charge in [0.05, 0.1) is 0 Å². The van der Waals surface area contributed by atoms with Crippen molar-refractivity contribution in [3.05, 3.63) is 72.1 Å². The maximum Gasteiger partial charge on any atom is 0.387 e. The van der Waals surface area contributed by atoms with Gasteiger partial charge in [0.1, 0.15) is 11.6 Å². The Bertz CT molecular complexity index is 1270. The highest BCUT2D eigenvalue weighted by molar-refractivity contribution is 6.05. The van der Waals surface area contributed by atoms with Gasteiger partial charge >= 0.3 is 6.61 Å². The monoisotopic (exact) mass is 462 g/mol.